The normalized spacial score (nSPS) is 16.6. The van der Waals surface area contributed by atoms with Crippen molar-refractivity contribution in [2.45, 2.75) is 46.6 Å². The number of unbranched alkanes of at least 4 members (excludes halogenated alkanes) is 1. The number of thiazole rings is 1. The second kappa shape index (κ2) is 11.6. The second-order valence-electron chi connectivity index (χ2n) is 8.94. The van der Waals surface area contributed by atoms with Crippen LogP contribution in [0.25, 0.3) is 5.76 Å². The van der Waals surface area contributed by atoms with Gasteiger partial charge in [-0.15, -0.1) is 0 Å². The number of hydrogen-bond acceptors (Lipinski definition) is 8. The molecule has 1 aromatic heterocycles. The van der Waals surface area contributed by atoms with Crippen LogP contribution in [0, 0.1) is 13.8 Å². The number of hydrogen-bond donors (Lipinski definition) is 1. The minimum atomic E-state index is -0.934. The van der Waals surface area contributed by atoms with Crippen molar-refractivity contribution in [3.63, 3.8) is 0 Å². The molecule has 1 N–H and O–H groups in total. The first-order valence-electron chi connectivity index (χ1n) is 12.5. The first-order valence-corrected chi connectivity index (χ1v) is 13.3. The Bertz CT molecular complexity index is 1380. The molecule has 0 aliphatic carbocycles. The summed E-state index contributed by atoms with van der Waals surface area (Å²) in [5.41, 5.74) is 2.35. The topological polar surface area (TPSA) is 106 Å². The fourth-order valence-electron chi connectivity index (χ4n) is 4.16. The van der Waals surface area contributed by atoms with Crippen LogP contribution in [0.15, 0.2) is 54.1 Å². The Kier molecular flexibility index (Phi) is 8.26. The third kappa shape index (κ3) is 5.33. The number of aryl methyl sites for hydroxylation is 2. The zero-order valence-electron chi connectivity index (χ0n) is 21.8. The highest BCUT2D eigenvalue weighted by atomic mass is 32.1. The molecule has 1 aliphatic heterocycles. The molecular formula is C29H30N2O6S. The van der Waals surface area contributed by atoms with Crippen LogP contribution < -0.4 is 9.64 Å². The van der Waals surface area contributed by atoms with E-state index in [9.17, 15) is 19.5 Å². The van der Waals surface area contributed by atoms with Crippen LogP contribution in [0.3, 0.4) is 0 Å². The highest BCUT2D eigenvalue weighted by molar-refractivity contribution is 7.17. The molecule has 0 spiro atoms. The number of benzene rings is 2. The Hall–Kier alpha value is -3.98. The third-order valence-corrected chi connectivity index (χ3v) is 7.32. The number of anilines is 1. The Morgan fingerprint density at radius 1 is 1.05 bits per heavy atom. The number of aliphatic hydroxyl groups excluding tert-OH is 1. The van der Waals surface area contributed by atoms with Crippen LogP contribution in [-0.2, 0) is 14.3 Å². The fraction of sp³-hybridized carbons (Fsp3) is 0.310. The van der Waals surface area contributed by atoms with Crippen molar-refractivity contribution in [1.82, 2.24) is 4.98 Å². The fourth-order valence-corrected chi connectivity index (χ4v) is 5.15. The summed E-state index contributed by atoms with van der Waals surface area (Å²) in [6, 6.07) is 13.2. The summed E-state index contributed by atoms with van der Waals surface area (Å²) in [5.74, 6) is -1.85. The van der Waals surface area contributed by atoms with E-state index in [1.807, 2.05) is 31.2 Å². The lowest BCUT2D eigenvalue weighted by Crippen LogP contribution is -2.29. The van der Waals surface area contributed by atoms with Crippen molar-refractivity contribution >= 4 is 39.9 Å². The summed E-state index contributed by atoms with van der Waals surface area (Å²) < 4.78 is 10.8. The zero-order chi connectivity index (χ0) is 27.4. The van der Waals surface area contributed by atoms with Gasteiger partial charge in [-0.05, 0) is 57.0 Å². The van der Waals surface area contributed by atoms with E-state index in [0.717, 1.165) is 29.7 Å². The molecule has 3 aromatic rings. The summed E-state index contributed by atoms with van der Waals surface area (Å²) in [6.45, 7) is 8.14. The number of Topliss-reactive ketones (excluding diaryl/α,β-unsaturated/α-hetero) is 1. The number of esters is 1. The number of aromatic nitrogens is 1. The highest BCUT2D eigenvalue weighted by Gasteiger charge is 2.48. The van der Waals surface area contributed by atoms with Crippen molar-refractivity contribution < 1.29 is 29.0 Å². The van der Waals surface area contributed by atoms with Gasteiger partial charge in [-0.3, -0.25) is 14.5 Å². The first-order chi connectivity index (χ1) is 18.3. The van der Waals surface area contributed by atoms with Gasteiger partial charge in [0.1, 0.15) is 16.4 Å². The molecular weight excluding hydrogens is 504 g/mol. The van der Waals surface area contributed by atoms with Gasteiger partial charge < -0.3 is 14.6 Å². The van der Waals surface area contributed by atoms with Crippen LogP contribution in [0.1, 0.15) is 64.8 Å². The molecule has 0 bridgehead atoms. The van der Waals surface area contributed by atoms with Crippen LogP contribution >= 0.6 is 11.3 Å². The average Bonchev–Trinajstić information content (AvgIpc) is 3.41. The van der Waals surface area contributed by atoms with Gasteiger partial charge in [0.2, 0.25) is 0 Å². The number of ketones is 1. The van der Waals surface area contributed by atoms with E-state index in [-0.39, 0.29) is 27.9 Å². The molecule has 0 saturated carbocycles. The molecule has 1 amide bonds. The van der Waals surface area contributed by atoms with Gasteiger partial charge in [-0.2, -0.15) is 0 Å². The van der Waals surface area contributed by atoms with Crippen molar-refractivity contribution in [3.8, 4) is 5.75 Å². The van der Waals surface area contributed by atoms with Gasteiger partial charge in [-0.25, -0.2) is 9.78 Å². The van der Waals surface area contributed by atoms with Gasteiger partial charge in [0.05, 0.1) is 30.5 Å². The first kappa shape index (κ1) is 27.1. The van der Waals surface area contributed by atoms with E-state index in [4.69, 9.17) is 9.47 Å². The Labute approximate surface area is 225 Å². The maximum Gasteiger partial charge on any atom is 0.350 e. The number of carbonyl (C=O) groups excluding carboxylic acids is 3. The standard InChI is InChI=1S/C29H30N2O6S/c1-5-7-16-37-21-14-12-20(13-15-21)24(32)22-23(19-10-8-17(3)9-11-19)31(27(34)25(22)33)29-30-18(4)26(38-29)28(35)36-6-2/h8-15,23,32H,5-7,16H2,1-4H3/t23-/m1/s1. The minimum absolute atomic E-state index is 0.0518. The lowest BCUT2D eigenvalue weighted by molar-refractivity contribution is -0.132. The van der Waals surface area contributed by atoms with Crippen LogP contribution in [-0.4, -0.2) is 41.0 Å². The van der Waals surface area contributed by atoms with Crippen LogP contribution in [0.5, 0.6) is 5.75 Å². The summed E-state index contributed by atoms with van der Waals surface area (Å²) in [7, 11) is 0. The largest absolute Gasteiger partial charge is 0.507 e. The number of rotatable bonds is 9. The van der Waals surface area contributed by atoms with Crippen molar-refractivity contribution in [1.29, 1.82) is 0 Å². The molecule has 1 atom stereocenters. The summed E-state index contributed by atoms with van der Waals surface area (Å²) in [6.07, 6.45) is 1.94. The highest BCUT2D eigenvalue weighted by Crippen LogP contribution is 2.44. The summed E-state index contributed by atoms with van der Waals surface area (Å²) in [4.78, 5) is 45.1. The maximum atomic E-state index is 13.4. The van der Waals surface area contributed by atoms with E-state index in [1.54, 1.807) is 38.1 Å². The molecule has 0 radical (unpaired) electrons. The SMILES string of the molecule is CCCCOc1ccc(C(O)=C2C(=O)C(=O)N(c3nc(C)c(C(=O)OCC)s3)[C@@H]2c2ccc(C)cc2)cc1. The van der Waals surface area contributed by atoms with E-state index in [1.165, 1.54) is 4.90 Å². The molecule has 1 saturated heterocycles. The van der Waals surface area contributed by atoms with Crippen molar-refractivity contribution in [2.24, 2.45) is 0 Å². The molecule has 1 aliphatic rings. The summed E-state index contributed by atoms with van der Waals surface area (Å²) in [5, 5.41) is 11.5. The van der Waals surface area contributed by atoms with Crippen LogP contribution in [0.2, 0.25) is 0 Å². The molecule has 38 heavy (non-hydrogen) atoms. The third-order valence-electron chi connectivity index (χ3n) is 6.18. The molecule has 0 unspecified atom stereocenters. The lowest BCUT2D eigenvalue weighted by atomic mass is 9.95. The van der Waals surface area contributed by atoms with Gasteiger partial charge in [0, 0.05) is 5.56 Å². The maximum absolute atomic E-state index is 13.4. The molecule has 2 aromatic carbocycles. The quantitative estimate of drug-likeness (QED) is 0.123. The smallest absolute Gasteiger partial charge is 0.350 e. The number of ether oxygens (including phenoxy) is 2. The van der Waals surface area contributed by atoms with Gasteiger partial charge in [0.25, 0.3) is 5.78 Å². The van der Waals surface area contributed by atoms with Gasteiger partial charge >= 0.3 is 11.9 Å². The van der Waals surface area contributed by atoms with Gasteiger partial charge in [0.15, 0.2) is 5.13 Å². The lowest BCUT2D eigenvalue weighted by Gasteiger charge is -2.23. The number of aliphatic hydroxyl groups is 1. The average molecular weight is 535 g/mol. The molecule has 198 valence electrons. The Balaban J connectivity index is 1.80. The zero-order valence-corrected chi connectivity index (χ0v) is 22.6. The monoisotopic (exact) mass is 534 g/mol. The Morgan fingerprint density at radius 2 is 1.74 bits per heavy atom. The van der Waals surface area contributed by atoms with Gasteiger partial charge in [-0.1, -0.05) is 54.5 Å². The van der Waals surface area contributed by atoms with E-state index < -0.39 is 23.7 Å². The van der Waals surface area contributed by atoms with E-state index in [0.29, 0.717) is 29.2 Å². The number of amides is 1. The number of carbonyl (C=O) groups is 3. The summed E-state index contributed by atoms with van der Waals surface area (Å²) >= 11 is 0.980. The minimum Gasteiger partial charge on any atom is -0.507 e. The predicted octanol–water partition coefficient (Wildman–Crippen LogP) is 5.74. The molecule has 4 rings (SSSR count). The Morgan fingerprint density at radius 3 is 2.37 bits per heavy atom. The predicted molar refractivity (Wildman–Crippen MR) is 146 cm³/mol. The molecule has 1 fully saturated rings. The number of nitrogens with zero attached hydrogens (tertiary/aromatic N) is 2. The molecule has 2 heterocycles. The van der Waals surface area contributed by atoms with Crippen LogP contribution in [0.4, 0.5) is 5.13 Å². The molecule has 9 heteroatoms. The van der Waals surface area contributed by atoms with Crippen molar-refractivity contribution in [3.05, 3.63) is 81.4 Å². The van der Waals surface area contributed by atoms with Crippen molar-refractivity contribution in [2.75, 3.05) is 18.1 Å². The van der Waals surface area contributed by atoms with E-state index in [2.05, 4.69) is 11.9 Å². The van der Waals surface area contributed by atoms with E-state index >= 15 is 0 Å². The second-order valence-corrected chi connectivity index (χ2v) is 9.92. The molecule has 8 nitrogen and oxygen atoms in total.